The summed E-state index contributed by atoms with van der Waals surface area (Å²) in [7, 11) is 0. The number of piperazine rings is 1. The lowest BCUT2D eigenvalue weighted by molar-refractivity contribution is -0.137. The third-order valence-electron chi connectivity index (χ3n) is 3.06. The summed E-state index contributed by atoms with van der Waals surface area (Å²) in [6.45, 7) is 13.0. The van der Waals surface area contributed by atoms with E-state index in [1.807, 2.05) is 46.4 Å². The summed E-state index contributed by atoms with van der Waals surface area (Å²) in [5.74, 6) is 0.149. The number of carbonyl (C=O) groups is 2. The zero-order chi connectivity index (χ0) is 14.8. The smallest absolute Gasteiger partial charge is 0.410 e. The van der Waals surface area contributed by atoms with Crippen molar-refractivity contribution in [1.29, 1.82) is 0 Å². The van der Waals surface area contributed by atoms with E-state index in [2.05, 4.69) is 0 Å². The second kappa shape index (κ2) is 5.80. The van der Waals surface area contributed by atoms with E-state index < -0.39 is 5.60 Å². The van der Waals surface area contributed by atoms with Crippen LogP contribution in [0.25, 0.3) is 0 Å². The Morgan fingerprint density at radius 1 is 1.21 bits per heavy atom. The first-order chi connectivity index (χ1) is 8.61. The normalized spacial score (nSPS) is 20.7. The van der Waals surface area contributed by atoms with Gasteiger partial charge in [-0.3, -0.25) is 4.79 Å². The third kappa shape index (κ3) is 4.40. The van der Waals surface area contributed by atoms with Gasteiger partial charge in [-0.15, -0.1) is 0 Å². The van der Waals surface area contributed by atoms with E-state index in [-0.39, 0.29) is 24.0 Å². The van der Waals surface area contributed by atoms with Crippen LogP contribution in [0.3, 0.4) is 0 Å². The molecule has 0 aromatic carbocycles. The van der Waals surface area contributed by atoms with E-state index >= 15 is 0 Å². The molecule has 110 valence electrons. The van der Waals surface area contributed by atoms with E-state index in [1.54, 1.807) is 4.90 Å². The van der Waals surface area contributed by atoms with Crippen LogP contribution < -0.4 is 0 Å². The van der Waals surface area contributed by atoms with Crippen molar-refractivity contribution < 1.29 is 14.3 Å². The van der Waals surface area contributed by atoms with Crippen molar-refractivity contribution in [3.05, 3.63) is 0 Å². The molecule has 1 rings (SSSR count). The molecule has 5 heteroatoms. The number of nitrogens with zero attached hydrogens (tertiary/aromatic N) is 2. The van der Waals surface area contributed by atoms with Crippen molar-refractivity contribution in [2.75, 3.05) is 19.6 Å². The summed E-state index contributed by atoms with van der Waals surface area (Å²) in [5.41, 5.74) is -0.484. The molecule has 1 aliphatic rings. The van der Waals surface area contributed by atoms with Gasteiger partial charge in [-0.2, -0.15) is 0 Å². The summed E-state index contributed by atoms with van der Waals surface area (Å²) in [6, 6.07) is -0.00806. The van der Waals surface area contributed by atoms with E-state index in [1.165, 1.54) is 0 Å². The first-order valence-electron chi connectivity index (χ1n) is 6.90. The van der Waals surface area contributed by atoms with E-state index in [0.29, 0.717) is 19.6 Å². The molecule has 1 aliphatic heterocycles. The molecule has 1 saturated heterocycles. The summed E-state index contributed by atoms with van der Waals surface area (Å²) in [5, 5.41) is 0. The molecule has 1 fully saturated rings. The zero-order valence-corrected chi connectivity index (χ0v) is 12.9. The minimum atomic E-state index is -0.484. The van der Waals surface area contributed by atoms with Gasteiger partial charge in [-0.25, -0.2) is 4.79 Å². The number of rotatable bonds is 1. The Balaban J connectivity index is 2.60. The number of carbonyl (C=O) groups excluding carboxylic acids is 2. The molecule has 19 heavy (non-hydrogen) atoms. The lowest BCUT2D eigenvalue weighted by atomic mass is 10.1. The average molecular weight is 270 g/mol. The molecule has 2 amide bonds. The van der Waals surface area contributed by atoms with Gasteiger partial charge in [0.1, 0.15) is 5.60 Å². The molecule has 0 bridgehead atoms. The van der Waals surface area contributed by atoms with Gasteiger partial charge in [-0.1, -0.05) is 13.8 Å². The molecular weight excluding hydrogens is 244 g/mol. The van der Waals surface area contributed by atoms with Crippen LogP contribution >= 0.6 is 0 Å². The van der Waals surface area contributed by atoms with Crippen molar-refractivity contribution in [2.45, 2.75) is 53.2 Å². The van der Waals surface area contributed by atoms with Crippen molar-refractivity contribution in [3.8, 4) is 0 Å². The Bertz CT molecular complexity index is 347. The molecule has 0 aliphatic carbocycles. The lowest BCUT2D eigenvalue weighted by Gasteiger charge is -2.40. The monoisotopic (exact) mass is 270 g/mol. The van der Waals surface area contributed by atoms with Gasteiger partial charge in [0.05, 0.1) is 0 Å². The van der Waals surface area contributed by atoms with Crippen LogP contribution in [-0.4, -0.2) is 53.1 Å². The quantitative estimate of drug-likeness (QED) is 0.733. The fraction of sp³-hybridized carbons (Fsp3) is 0.857. The Kier molecular flexibility index (Phi) is 4.82. The van der Waals surface area contributed by atoms with Gasteiger partial charge in [0.15, 0.2) is 0 Å². The third-order valence-corrected chi connectivity index (χ3v) is 3.06. The summed E-state index contributed by atoms with van der Waals surface area (Å²) < 4.78 is 5.37. The highest BCUT2D eigenvalue weighted by molar-refractivity contribution is 5.78. The molecular formula is C14H26N2O3. The van der Waals surface area contributed by atoms with Crippen LogP contribution in [-0.2, 0) is 9.53 Å². The fourth-order valence-corrected chi connectivity index (χ4v) is 2.11. The largest absolute Gasteiger partial charge is 0.444 e. The zero-order valence-electron chi connectivity index (χ0n) is 12.9. The van der Waals surface area contributed by atoms with Crippen molar-refractivity contribution in [1.82, 2.24) is 9.80 Å². The number of ether oxygens (including phenoxy) is 1. The van der Waals surface area contributed by atoms with Gasteiger partial charge in [0.2, 0.25) is 5.91 Å². The molecule has 0 radical (unpaired) electrons. The Morgan fingerprint density at radius 3 is 2.21 bits per heavy atom. The highest BCUT2D eigenvalue weighted by Gasteiger charge is 2.32. The van der Waals surface area contributed by atoms with Crippen LogP contribution in [0.15, 0.2) is 0 Å². The molecule has 1 atom stereocenters. The Labute approximate surface area is 115 Å². The van der Waals surface area contributed by atoms with Crippen LogP contribution in [0.2, 0.25) is 0 Å². The van der Waals surface area contributed by atoms with Gasteiger partial charge >= 0.3 is 6.09 Å². The molecule has 0 spiro atoms. The average Bonchev–Trinajstić information content (AvgIpc) is 2.25. The van der Waals surface area contributed by atoms with Gasteiger partial charge in [0, 0.05) is 31.6 Å². The van der Waals surface area contributed by atoms with E-state index in [4.69, 9.17) is 4.74 Å². The fourth-order valence-electron chi connectivity index (χ4n) is 2.11. The van der Waals surface area contributed by atoms with Crippen LogP contribution in [0.5, 0.6) is 0 Å². The molecule has 5 nitrogen and oxygen atoms in total. The van der Waals surface area contributed by atoms with E-state index in [0.717, 1.165) is 0 Å². The van der Waals surface area contributed by atoms with Crippen LogP contribution in [0, 0.1) is 5.92 Å². The number of hydrogen-bond acceptors (Lipinski definition) is 3. The minimum absolute atomic E-state index is 0.000256. The number of hydrogen-bond donors (Lipinski definition) is 0. The molecule has 0 aromatic heterocycles. The SMILES string of the molecule is CC(C)C(=O)N1CCN(C(=O)OC(C)(C)C)[C@H](C)C1. The summed E-state index contributed by atoms with van der Waals surface area (Å²) >= 11 is 0. The lowest BCUT2D eigenvalue weighted by Crippen LogP contribution is -2.56. The summed E-state index contributed by atoms with van der Waals surface area (Å²) in [4.78, 5) is 27.5. The predicted octanol–water partition coefficient (Wildman–Crippen LogP) is 2.11. The molecule has 0 N–H and O–H groups in total. The van der Waals surface area contributed by atoms with Crippen molar-refractivity contribution >= 4 is 12.0 Å². The maximum absolute atomic E-state index is 12.0. The predicted molar refractivity (Wildman–Crippen MR) is 73.8 cm³/mol. The van der Waals surface area contributed by atoms with Gasteiger partial charge in [-0.05, 0) is 27.7 Å². The topological polar surface area (TPSA) is 49.9 Å². The van der Waals surface area contributed by atoms with Crippen molar-refractivity contribution in [2.24, 2.45) is 5.92 Å². The first kappa shape index (κ1) is 15.8. The highest BCUT2D eigenvalue weighted by Crippen LogP contribution is 2.16. The van der Waals surface area contributed by atoms with Gasteiger partial charge in [0.25, 0.3) is 0 Å². The Morgan fingerprint density at radius 2 is 1.79 bits per heavy atom. The molecule has 0 saturated carbocycles. The molecule has 0 unspecified atom stereocenters. The molecule has 0 aromatic rings. The van der Waals surface area contributed by atoms with Crippen LogP contribution in [0.1, 0.15) is 41.5 Å². The molecule has 1 heterocycles. The van der Waals surface area contributed by atoms with E-state index in [9.17, 15) is 9.59 Å². The standard InChI is InChI=1S/C14H26N2O3/c1-10(2)12(17)15-7-8-16(11(3)9-15)13(18)19-14(4,5)6/h10-11H,7-9H2,1-6H3/t11-/m1/s1. The van der Waals surface area contributed by atoms with Gasteiger partial charge < -0.3 is 14.5 Å². The van der Waals surface area contributed by atoms with Crippen molar-refractivity contribution in [3.63, 3.8) is 0 Å². The maximum atomic E-state index is 12.0. The number of amides is 2. The summed E-state index contributed by atoms with van der Waals surface area (Å²) in [6.07, 6.45) is -0.295. The second-order valence-corrected chi connectivity index (χ2v) is 6.46. The Hall–Kier alpha value is -1.26. The van der Waals surface area contributed by atoms with Crippen LogP contribution in [0.4, 0.5) is 4.79 Å². The maximum Gasteiger partial charge on any atom is 0.410 e. The minimum Gasteiger partial charge on any atom is -0.444 e. The second-order valence-electron chi connectivity index (χ2n) is 6.46. The highest BCUT2D eigenvalue weighted by atomic mass is 16.6. The first-order valence-corrected chi connectivity index (χ1v) is 6.90.